The summed E-state index contributed by atoms with van der Waals surface area (Å²) < 4.78 is 0. The average molecular weight is 187 g/mol. The minimum atomic E-state index is 0. The average Bonchev–Trinajstić information content (AvgIpc) is 1.37. The fourth-order valence-electron chi connectivity index (χ4n) is 0. The van der Waals surface area contributed by atoms with Crippen LogP contribution in [0.5, 0.6) is 0 Å². The van der Waals surface area contributed by atoms with Gasteiger partial charge in [-0.2, -0.15) is 0 Å². The Balaban J connectivity index is 0. The second-order valence-electron chi connectivity index (χ2n) is 0.577. The van der Waals surface area contributed by atoms with Crippen molar-refractivity contribution < 1.29 is 18.3 Å². The summed E-state index contributed by atoms with van der Waals surface area (Å²) in [6.07, 6.45) is 1.93. The Kier molecular flexibility index (Phi) is 16.4. The first-order valence-corrected chi connectivity index (χ1v) is 3.41. The standard InChI is InChI=1S/C3H5.BrH.Zn/c1-3-2;;/h3H,1-2H2;1H;. The molecule has 0 aliphatic rings. The molecule has 0 N–H and O–H groups in total. The molecule has 0 nitrogen and oxygen atoms in total. The molecule has 5 heavy (non-hydrogen) atoms. The SMILES string of the molecule is Br.C=C[CH2][Zn]. The van der Waals surface area contributed by atoms with E-state index in [9.17, 15) is 0 Å². The van der Waals surface area contributed by atoms with E-state index in [1.807, 2.05) is 6.08 Å². The molecule has 0 aromatic heterocycles. The molecule has 0 saturated heterocycles. The fraction of sp³-hybridized carbons (Fsp3) is 0.333. The maximum atomic E-state index is 3.51. The second kappa shape index (κ2) is 8.85. The summed E-state index contributed by atoms with van der Waals surface area (Å²) in [7, 11) is 0. The summed E-state index contributed by atoms with van der Waals surface area (Å²) in [5.74, 6) is 0. The predicted octanol–water partition coefficient (Wildman–Crippen LogP) is 1.72. The second-order valence-corrected chi connectivity index (χ2v) is 1.79. The summed E-state index contributed by atoms with van der Waals surface area (Å²) in [6, 6.07) is 0. The van der Waals surface area contributed by atoms with Gasteiger partial charge in [0.15, 0.2) is 0 Å². The molecule has 0 aromatic carbocycles. The van der Waals surface area contributed by atoms with Crippen molar-refractivity contribution in [2.75, 3.05) is 0 Å². The third-order valence-electron chi connectivity index (χ3n) is 0.204. The van der Waals surface area contributed by atoms with E-state index >= 15 is 0 Å². The molecule has 0 atom stereocenters. The first kappa shape index (κ1) is 9.28. The zero-order valence-corrected chi connectivity index (χ0v) is 7.79. The van der Waals surface area contributed by atoms with Crippen molar-refractivity contribution >= 4 is 17.0 Å². The summed E-state index contributed by atoms with van der Waals surface area (Å²) in [6.45, 7) is 3.51. The van der Waals surface area contributed by atoms with Crippen LogP contribution in [-0.4, -0.2) is 0 Å². The molecule has 0 heterocycles. The van der Waals surface area contributed by atoms with Crippen molar-refractivity contribution in [1.82, 2.24) is 0 Å². The van der Waals surface area contributed by atoms with E-state index < -0.39 is 0 Å². The number of hydrogen-bond acceptors (Lipinski definition) is 0. The van der Waals surface area contributed by atoms with Crippen LogP contribution in [0.2, 0.25) is 5.02 Å². The van der Waals surface area contributed by atoms with Crippen molar-refractivity contribution in [2.45, 2.75) is 5.02 Å². The summed E-state index contributed by atoms with van der Waals surface area (Å²) >= 11 is 1.35. The van der Waals surface area contributed by atoms with Crippen LogP contribution in [-0.2, 0) is 18.3 Å². The maximum absolute atomic E-state index is 3.51. The van der Waals surface area contributed by atoms with Gasteiger partial charge in [-0.15, -0.1) is 17.0 Å². The van der Waals surface area contributed by atoms with Crippen molar-refractivity contribution in [2.24, 2.45) is 0 Å². The van der Waals surface area contributed by atoms with Crippen LogP contribution in [0.4, 0.5) is 0 Å². The number of halogens is 1. The third-order valence-corrected chi connectivity index (χ3v) is 1.06. The van der Waals surface area contributed by atoms with Crippen molar-refractivity contribution in [3.05, 3.63) is 12.7 Å². The zero-order valence-electron chi connectivity index (χ0n) is 3.11. The molecule has 0 saturated carbocycles. The Morgan fingerprint density at radius 3 is 2.00 bits per heavy atom. The molecule has 0 aliphatic carbocycles. The number of hydrogen-bond donors (Lipinski definition) is 0. The van der Waals surface area contributed by atoms with Gasteiger partial charge in [-0.1, -0.05) is 0 Å². The topological polar surface area (TPSA) is 0 Å². The molecule has 0 aromatic rings. The van der Waals surface area contributed by atoms with Gasteiger partial charge in [0.1, 0.15) is 0 Å². The van der Waals surface area contributed by atoms with Crippen LogP contribution in [0, 0.1) is 0 Å². The van der Waals surface area contributed by atoms with Gasteiger partial charge in [0.2, 0.25) is 0 Å². The molecule has 0 unspecified atom stereocenters. The van der Waals surface area contributed by atoms with Crippen LogP contribution in [0.15, 0.2) is 12.7 Å². The first-order valence-electron chi connectivity index (χ1n) is 1.32. The van der Waals surface area contributed by atoms with Crippen LogP contribution < -0.4 is 0 Å². The normalized spacial score (nSPS) is 5.20. The van der Waals surface area contributed by atoms with E-state index in [1.165, 1.54) is 23.3 Å². The predicted molar refractivity (Wildman–Crippen MR) is 25.3 cm³/mol. The summed E-state index contributed by atoms with van der Waals surface area (Å²) in [5, 5.41) is 1.21. The van der Waals surface area contributed by atoms with E-state index in [1.54, 1.807) is 0 Å². The zero-order chi connectivity index (χ0) is 3.41. The Morgan fingerprint density at radius 1 is 1.80 bits per heavy atom. The van der Waals surface area contributed by atoms with Crippen LogP contribution in [0.3, 0.4) is 0 Å². The van der Waals surface area contributed by atoms with Gasteiger partial charge in [-0.05, 0) is 0 Å². The van der Waals surface area contributed by atoms with Gasteiger partial charge in [0.25, 0.3) is 0 Å². The summed E-state index contributed by atoms with van der Waals surface area (Å²) in [4.78, 5) is 0. The first-order chi connectivity index (χ1) is 1.91. The van der Waals surface area contributed by atoms with Gasteiger partial charge in [0, 0.05) is 0 Å². The molecule has 0 fully saturated rings. The van der Waals surface area contributed by atoms with E-state index in [2.05, 4.69) is 6.58 Å². The van der Waals surface area contributed by atoms with Gasteiger partial charge in [-0.25, -0.2) is 0 Å². The molecule has 27 valence electrons. The van der Waals surface area contributed by atoms with E-state index in [0.29, 0.717) is 0 Å². The van der Waals surface area contributed by atoms with E-state index in [0.717, 1.165) is 0 Å². The summed E-state index contributed by atoms with van der Waals surface area (Å²) in [5.41, 5.74) is 0. The molecule has 0 bridgehead atoms. The van der Waals surface area contributed by atoms with Crippen LogP contribution in [0.1, 0.15) is 0 Å². The molecule has 0 spiro atoms. The van der Waals surface area contributed by atoms with E-state index in [4.69, 9.17) is 0 Å². The third kappa shape index (κ3) is 11.5. The van der Waals surface area contributed by atoms with Gasteiger partial charge in [0.05, 0.1) is 0 Å². The van der Waals surface area contributed by atoms with Gasteiger partial charge >= 0.3 is 36.0 Å². The Morgan fingerprint density at radius 2 is 2.00 bits per heavy atom. The van der Waals surface area contributed by atoms with Gasteiger partial charge in [-0.3, -0.25) is 0 Å². The quantitative estimate of drug-likeness (QED) is 0.433. The van der Waals surface area contributed by atoms with Crippen molar-refractivity contribution in [1.29, 1.82) is 0 Å². The Bertz CT molecular complexity index is 20.9. The van der Waals surface area contributed by atoms with Crippen LogP contribution in [0.25, 0.3) is 0 Å². The molecular weight excluding hydrogens is 181 g/mol. The van der Waals surface area contributed by atoms with Crippen LogP contribution >= 0.6 is 17.0 Å². The molecule has 0 amide bonds. The fourth-order valence-corrected chi connectivity index (χ4v) is 0. The monoisotopic (exact) mass is 185 g/mol. The number of allylic oxidation sites excluding steroid dienone is 1. The molecule has 0 radical (unpaired) electrons. The Hall–Kier alpha value is 0.843. The molecule has 0 aliphatic heterocycles. The minimum absolute atomic E-state index is 0. The Labute approximate surface area is 53.1 Å². The number of rotatable bonds is 1. The van der Waals surface area contributed by atoms with Gasteiger partial charge < -0.3 is 0 Å². The molecular formula is C3H6BrZn. The molecule has 0 rings (SSSR count). The van der Waals surface area contributed by atoms with E-state index in [-0.39, 0.29) is 17.0 Å². The molecule has 2 heteroatoms. The van der Waals surface area contributed by atoms with Crippen molar-refractivity contribution in [3.63, 3.8) is 0 Å². The van der Waals surface area contributed by atoms with Crippen molar-refractivity contribution in [3.8, 4) is 0 Å².